The predicted molar refractivity (Wildman–Crippen MR) is 129 cm³/mol. The van der Waals surface area contributed by atoms with Crippen molar-refractivity contribution in [3.63, 3.8) is 0 Å². The van der Waals surface area contributed by atoms with Crippen LogP contribution in [-0.4, -0.2) is 26.2 Å². The maximum absolute atomic E-state index is 12.8. The Kier molecular flexibility index (Phi) is 7.04. The molecule has 3 aromatic carbocycles. The Morgan fingerprint density at radius 3 is 2.32 bits per heavy atom. The zero-order valence-electron chi connectivity index (χ0n) is 18.6. The second-order valence-electron chi connectivity index (χ2n) is 7.53. The SMILES string of the molecule is COC(=O)C1=C(c2ccc(OC)cc2)NC(=O)NC1c1ccc(OCc2cccc(Cl)c2)cc1. The smallest absolute Gasteiger partial charge is 0.338 e. The fraction of sp³-hybridized carbons (Fsp3) is 0.154. The molecule has 0 radical (unpaired) electrons. The fourth-order valence-corrected chi connectivity index (χ4v) is 3.89. The Morgan fingerprint density at radius 1 is 0.971 bits per heavy atom. The number of urea groups is 1. The molecule has 0 spiro atoms. The highest BCUT2D eigenvalue weighted by molar-refractivity contribution is 6.30. The number of methoxy groups -OCH3 is 2. The van der Waals surface area contributed by atoms with Crippen molar-refractivity contribution in [3.8, 4) is 11.5 Å². The molecule has 1 aliphatic heterocycles. The van der Waals surface area contributed by atoms with Gasteiger partial charge in [-0.3, -0.25) is 0 Å². The molecule has 0 saturated heterocycles. The molecule has 0 bridgehead atoms. The molecule has 1 heterocycles. The van der Waals surface area contributed by atoms with E-state index in [0.29, 0.717) is 45.5 Å². The summed E-state index contributed by atoms with van der Waals surface area (Å²) in [6.07, 6.45) is 0. The summed E-state index contributed by atoms with van der Waals surface area (Å²) in [6, 6.07) is 20.5. The van der Waals surface area contributed by atoms with Gasteiger partial charge in [-0.15, -0.1) is 0 Å². The van der Waals surface area contributed by atoms with Gasteiger partial charge in [-0.25, -0.2) is 9.59 Å². The number of halogens is 1. The monoisotopic (exact) mass is 478 g/mol. The van der Waals surface area contributed by atoms with Crippen LogP contribution >= 0.6 is 11.6 Å². The molecule has 1 atom stereocenters. The summed E-state index contributed by atoms with van der Waals surface area (Å²) >= 11 is 6.02. The Balaban J connectivity index is 1.62. The highest BCUT2D eigenvalue weighted by Gasteiger charge is 2.34. The topological polar surface area (TPSA) is 85.9 Å². The van der Waals surface area contributed by atoms with Crippen LogP contribution in [0.25, 0.3) is 5.70 Å². The number of hydrogen-bond acceptors (Lipinski definition) is 5. The van der Waals surface area contributed by atoms with Crippen LogP contribution in [0.2, 0.25) is 5.02 Å². The van der Waals surface area contributed by atoms with Gasteiger partial charge in [0.15, 0.2) is 0 Å². The zero-order chi connectivity index (χ0) is 24.1. The van der Waals surface area contributed by atoms with Crippen LogP contribution in [0.4, 0.5) is 4.79 Å². The van der Waals surface area contributed by atoms with Gasteiger partial charge in [0.25, 0.3) is 0 Å². The van der Waals surface area contributed by atoms with Gasteiger partial charge in [-0.05, 0) is 65.2 Å². The predicted octanol–water partition coefficient (Wildman–Crippen LogP) is 4.87. The van der Waals surface area contributed by atoms with Crippen LogP contribution in [0.5, 0.6) is 11.5 Å². The van der Waals surface area contributed by atoms with E-state index in [1.165, 1.54) is 7.11 Å². The number of rotatable bonds is 7. The van der Waals surface area contributed by atoms with Crippen LogP contribution in [0.15, 0.2) is 78.4 Å². The minimum absolute atomic E-state index is 0.292. The van der Waals surface area contributed by atoms with Crippen molar-refractivity contribution in [1.29, 1.82) is 0 Å². The molecule has 2 amide bonds. The molecule has 1 aliphatic rings. The van der Waals surface area contributed by atoms with Crippen LogP contribution in [0, 0.1) is 0 Å². The summed E-state index contributed by atoms with van der Waals surface area (Å²) in [4.78, 5) is 25.3. The normalized spacial score (nSPS) is 15.3. The molecule has 8 heteroatoms. The van der Waals surface area contributed by atoms with E-state index in [9.17, 15) is 9.59 Å². The number of carbonyl (C=O) groups is 2. The fourth-order valence-electron chi connectivity index (χ4n) is 3.68. The lowest BCUT2D eigenvalue weighted by Gasteiger charge is -2.29. The van der Waals surface area contributed by atoms with Crippen LogP contribution in [0.1, 0.15) is 22.7 Å². The van der Waals surface area contributed by atoms with Crippen molar-refractivity contribution in [2.24, 2.45) is 0 Å². The molecule has 1 unspecified atom stereocenters. The van der Waals surface area contributed by atoms with Crippen molar-refractivity contribution in [3.05, 3.63) is 100 Å². The number of benzene rings is 3. The number of esters is 1. The first-order valence-corrected chi connectivity index (χ1v) is 10.9. The summed E-state index contributed by atoms with van der Waals surface area (Å²) in [5.74, 6) is 0.752. The lowest BCUT2D eigenvalue weighted by Crippen LogP contribution is -2.45. The quantitative estimate of drug-likeness (QED) is 0.473. The van der Waals surface area contributed by atoms with Crippen molar-refractivity contribution in [2.45, 2.75) is 12.6 Å². The van der Waals surface area contributed by atoms with Gasteiger partial charge in [-0.1, -0.05) is 35.9 Å². The summed E-state index contributed by atoms with van der Waals surface area (Å²) in [6.45, 7) is 0.360. The van der Waals surface area contributed by atoms with Gasteiger partial charge >= 0.3 is 12.0 Å². The standard InChI is InChI=1S/C26H23ClN2O5/c1-32-20-10-6-17(7-11-20)23-22(25(30)33-2)24(29-26(31)28-23)18-8-12-21(13-9-18)34-15-16-4-3-5-19(27)14-16/h3-14,24H,15H2,1-2H3,(H2,28,29,31). The Morgan fingerprint density at radius 2 is 1.68 bits per heavy atom. The van der Waals surface area contributed by atoms with Gasteiger partial charge in [-0.2, -0.15) is 0 Å². The van der Waals surface area contributed by atoms with Crippen LogP contribution in [-0.2, 0) is 16.1 Å². The van der Waals surface area contributed by atoms with Crippen LogP contribution in [0.3, 0.4) is 0 Å². The number of ether oxygens (including phenoxy) is 3. The molecule has 4 rings (SSSR count). The zero-order valence-corrected chi connectivity index (χ0v) is 19.4. The Labute approximate surface area is 202 Å². The van der Waals surface area contributed by atoms with Crippen molar-refractivity contribution < 1.29 is 23.8 Å². The molecule has 34 heavy (non-hydrogen) atoms. The average molecular weight is 479 g/mol. The number of nitrogens with one attached hydrogen (secondary N) is 2. The molecule has 7 nitrogen and oxygen atoms in total. The average Bonchev–Trinajstić information content (AvgIpc) is 2.87. The molecule has 0 aliphatic carbocycles. The lowest BCUT2D eigenvalue weighted by molar-refractivity contribution is -0.136. The molecule has 0 saturated carbocycles. The van der Waals surface area contributed by atoms with E-state index < -0.39 is 18.0 Å². The van der Waals surface area contributed by atoms with Gasteiger partial charge in [0, 0.05) is 5.02 Å². The molecule has 174 valence electrons. The van der Waals surface area contributed by atoms with Crippen molar-refractivity contribution >= 4 is 29.3 Å². The maximum atomic E-state index is 12.8. The van der Waals surface area contributed by atoms with E-state index in [4.69, 9.17) is 25.8 Å². The first-order valence-electron chi connectivity index (χ1n) is 10.5. The summed E-state index contributed by atoms with van der Waals surface area (Å²) in [5.41, 5.74) is 2.98. The summed E-state index contributed by atoms with van der Waals surface area (Å²) in [5, 5.41) is 6.20. The van der Waals surface area contributed by atoms with E-state index in [-0.39, 0.29) is 0 Å². The summed E-state index contributed by atoms with van der Waals surface area (Å²) in [7, 11) is 2.88. The Bertz CT molecular complexity index is 1220. The number of carbonyl (C=O) groups excluding carboxylic acids is 2. The van der Waals surface area contributed by atoms with Gasteiger partial charge in [0.2, 0.25) is 0 Å². The van der Waals surface area contributed by atoms with E-state index in [0.717, 1.165) is 5.56 Å². The molecule has 2 N–H and O–H groups in total. The van der Waals surface area contributed by atoms with Gasteiger partial charge < -0.3 is 24.8 Å². The van der Waals surface area contributed by atoms with E-state index in [1.54, 1.807) is 61.7 Å². The van der Waals surface area contributed by atoms with E-state index in [1.807, 2.05) is 18.2 Å². The van der Waals surface area contributed by atoms with Gasteiger partial charge in [0.05, 0.1) is 31.5 Å². The highest BCUT2D eigenvalue weighted by Crippen LogP contribution is 2.33. The van der Waals surface area contributed by atoms with Gasteiger partial charge in [0.1, 0.15) is 18.1 Å². The second kappa shape index (κ2) is 10.3. The molecule has 0 fully saturated rings. The summed E-state index contributed by atoms with van der Waals surface area (Å²) < 4.78 is 16.1. The third-order valence-corrected chi connectivity index (χ3v) is 5.60. The first kappa shape index (κ1) is 23.2. The highest BCUT2D eigenvalue weighted by atomic mass is 35.5. The third kappa shape index (κ3) is 5.15. The minimum atomic E-state index is -0.708. The first-order chi connectivity index (χ1) is 16.5. The van der Waals surface area contributed by atoms with E-state index in [2.05, 4.69) is 10.6 Å². The number of amides is 2. The van der Waals surface area contributed by atoms with Crippen molar-refractivity contribution in [2.75, 3.05) is 14.2 Å². The van der Waals surface area contributed by atoms with Crippen LogP contribution < -0.4 is 20.1 Å². The molecule has 3 aromatic rings. The lowest BCUT2D eigenvalue weighted by atomic mass is 9.92. The Hall–Kier alpha value is -3.97. The largest absolute Gasteiger partial charge is 0.497 e. The number of hydrogen-bond donors (Lipinski definition) is 2. The van der Waals surface area contributed by atoms with E-state index >= 15 is 0 Å². The maximum Gasteiger partial charge on any atom is 0.338 e. The van der Waals surface area contributed by atoms with Crippen molar-refractivity contribution in [1.82, 2.24) is 10.6 Å². The third-order valence-electron chi connectivity index (χ3n) is 5.36. The molecular weight excluding hydrogens is 456 g/mol. The second-order valence-corrected chi connectivity index (χ2v) is 7.96. The molecule has 0 aromatic heterocycles. The minimum Gasteiger partial charge on any atom is -0.497 e. The molecular formula is C26H23ClN2O5.